The zero-order valence-corrected chi connectivity index (χ0v) is 15.1. The summed E-state index contributed by atoms with van der Waals surface area (Å²) in [5, 5.41) is 3.38. The normalized spacial score (nSPS) is 17.7. The van der Waals surface area contributed by atoms with Crippen LogP contribution in [0, 0.1) is 0 Å². The number of anilines is 2. The molecule has 2 aromatic rings. The van der Waals surface area contributed by atoms with Gasteiger partial charge in [-0.3, -0.25) is 9.69 Å². The molecule has 2 amide bonds. The summed E-state index contributed by atoms with van der Waals surface area (Å²) >= 11 is 0. The summed E-state index contributed by atoms with van der Waals surface area (Å²) in [5.74, 6) is 0.0877. The molecular formula is C21H23N3O3. The molecule has 6 heteroatoms. The number of hydrogen-bond donors (Lipinski definition) is 1. The molecule has 27 heavy (non-hydrogen) atoms. The maximum Gasteiger partial charge on any atom is 0.414 e. The lowest BCUT2D eigenvalue weighted by molar-refractivity contribution is -0.131. The van der Waals surface area contributed by atoms with Gasteiger partial charge in [-0.25, -0.2) is 4.79 Å². The third-order valence-corrected chi connectivity index (χ3v) is 5.03. The summed E-state index contributed by atoms with van der Waals surface area (Å²) < 4.78 is 5.02. The molecule has 0 bridgehead atoms. The van der Waals surface area contributed by atoms with Crippen molar-refractivity contribution in [3.63, 3.8) is 0 Å². The summed E-state index contributed by atoms with van der Waals surface area (Å²) in [6.45, 7) is 2.56. The number of carbonyl (C=O) groups excluding carboxylic acids is 2. The Morgan fingerprint density at radius 3 is 2.48 bits per heavy atom. The average Bonchev–Trinajstić information content (AvgIpc) is 3.38. The molecule has 4 rings (SSSR count). The van der Waals surface area contributed by atoms with Crippen molar-refractivity contribution in [3.8, 4) is 0 Å². The third-order valence-electron chi connectivity index (χ3n) is 5.03. The number of nitrogens with zero attached hydrogens (tertiary/aromatic N) is 2. The van der Waals surface area contributed by atoms with Crippen LogP contribution in [-0.2, 0) is 9.53 Å². The molecule has 1 atom stereocenters. The van der Waals surface area contributed by atoms with Gasteiger partial charge in [-0.2, -0.15) is 0 Å². The third kappa shape index (κ3) is 3.74. The highest BCUT2D eigenvalue weighted by molar-refractivity contribution is 5.90. The molecule has 1 unspecified atom stereocenters. The van der Waals surface area contributed by atoms with Crippen molar-refractivity contribution in [1.82, 2.24) is 4.90 Å². The van der Waals surface area contributed by atoms with Crippen molar-refractivity contribution < 1.29 is 14.3 Å². The highest BCUT2D eigenvalue weighted by Gasteiger charge is 2.28. The van der Waals surface area contributed by atoms with Gasteiger partial charge in [0.15, 0.2) is 0 Å². The predicted octanol–water partition coefficient (Wildman–Crippen LogP) is 3.42. The van der Waals surface area contributed by atoms with E-state index >= 15 is 0 Å². The molecule has 2 aliphatic heterocycles. The minimum atomic E-state index is -0.454. The zero-order chi connectivity index (χ0) is 18.6. The van der Waals surface area contributed by atoms with Gasteiger partial charge in [0, 0.05) is 24.5 Å². The maximum atomic E-state index is 13.1. The Morgan fingerprint density at radius 1 is 1.00 bits per heavy atom. The predicted molar refractivity (Wildman–Crippen MR) is 104 cm³/mol. The summed E-state index contributed by atoms with van der Waals surface area (Å²) in [6, 6.07) is 16.9. The van der Waals surface area contributed by atoms with Crippen molar-refractivity contribution in [2.45, 2.75) is 18.9 Å². The molecular weight excluding hydrogens is 342 g/mol. The summed E-state index contributed by atoms with van der Waals surface area (Å²) in [7, 11) is 0. The van der Waals surface area contributed by atoms with E-state index in [0.29, 0.717) is 13.2 Å². The van der Waals surface area contributed by atoms with E-state index in [1.165, 1.54) is 0 Å². The topological polar surface area (TPSA) is 61.9 Å². The number of hydrogen-bond acceptors (Lipinski definition) is 4. The number of nitrogens with one attached hydrogen (secondary N) is 1. The van der Waals surface area contributed by atoms with Gasteiger partial charge < -0.3 is 15.0 Å². The molecule has 2 aromatic carbocycles. The second-order valence-electron chi connectivity index (χ2n) is 6.84. The molecule has 0 saturated carbocycles. The number of amides is 2. The van der Waals surface area contributed by atoms with E-state index in [9.17, 15) is 9.59 Å². The van der Waals surface area contributed by atoms with Crippen LogP contribution in [0.4, 0.5) is 16.2 Å². The van der Waals surface area contributed by atoms with Crippen molar-refractivity contribution in [2.75, 3.05) is 36.5 Å². The fourth-order valence-electron chi connectivity index (χ4n) is 3.61. The van der Waals surface area contributed by atoms with E-state index in [1.807, 2.05) is 59.5 Å². The fraction of sp³-hybridized carbons (Fsp3) is 0.333. The Labute approximate surface area is 158 Å². The zero-order valence-electron chi connectivity index (χ0n) is 15.1. The first-order chi connectivity index (χ1) is 13.2. The van der Waals surface area contributed by atoms with Crippen molar-refractivity contribution in [1.29, 1.82) is 0 Å². The Kier molecular flexibility index (Phi) is 4.96. The van der Waals surface area contributed by atoms with E-state index < -0.39 is 6.04 Å². The van der Waals surface area contributed by atoms with E-state index in [0.717, 1.165) is 42.9 Å². The standard InChI is InChI=1S/C21H23N3O3/c25-20(23-11-4-5-12-23)19(16-7-2-1-3-8-16)22-17-9-6-10-18(15-17)24-13-14-27-21(24)26/h1-3,6-10,15,19,22H,4-5,11-14H2. The molecule has 2 heterocycles. The Hall–Kier alpha value is -3.02. The van der Waals surface area contributed by atoms with Gasteiger partial charge in [-0.15, -0.1) is 0 Å². The largest absolute Gasteiger partial charge is 0.447 e. The van der Waals surface area contributed by atoms with Crippen LogP contribution in [0.2, 0.25) is 0 Å². The van der Waals surface area contributed by atoms with Gasteiger partial charge in [-0.05, 0) is 36.6 Å². The van der Waals surface area contributed by atoms with Gasteiger partial charge in [0.25, 0.3) is 0 Å². The quantitative estimate of drug-likeness (QED) is 0.882. The van der Waals surface area contributed by atoms with Crippen LogP contribution < -0.4 is 10.2 Å². The number of ether oxygens (including phenoxy) is 1. The lowest BCUT2D eigenvalue weighted by Gasteiger charge is -2.25. The van der Waals surface area contributed by atoms with Crippen LogP contribution in [0.5, 0.6) is 0 Å². The van der Waals surface area contributed by atoms with E-state index in [-0.39, 0.29) is 12.0 Å². The Balaban J connectivity index is 1.60. The Bertz CT molecular complexity index is 818. The van der Waals surface area contributed by atoms with Crippen LogP contribution >= 0.6 is 0 Å². The second-order valence-corrected chi connectivity index (χ2v) is 6.84. The summed E-state index contributed by atoms with van der Waals surface area (Å²) in [4.78, 5) is 28.5. The molecule has 2 fully saturated rings. The van der Waals surface area contributed by atoms with Crippen LogP contribution in [0.3, 0.4) is 0 Å². The van der Waals surface area contributed by atoms with Gasteiger partial charge in [0.05, 0.1) is 6.54 Å². The lowest BCUT2D eigenvalue weighted by Crippen LogP contribution is -2.36. The number of rotatable bonds is 5. The molecule has 2 aliphatic rings. The minimum absolute atomic E-state index is 0.0877. The molecule has 0 radical (unpaired) electrons. The summed E-state index contributed by atoms with van der Waals surface area (Å²) in [5.41, 5.74) is 2.50. The number of benzene rings is 2. The fourth-order valence-corrected chi connectivity index (χ4v) is 3.61. The molecule has 1 N–H and O–H groups in total. The molecule has 0 aliphatic carbocycles. The number of carbonyl (C=O) groups is 2. The second kappa shape index (κ2) is 7.70. The first-order valence-corrected chi connectivity index (χ1v) is 9.37. The SMILES string of the molecule is O=C(C(Nc1cccc(N2CCOC2=O)c1)c1ccccc1)N1CCCC1. The summed E-state index contributed by atoms with van der Waals surface area (Å²) in [6.07, 6.45) is 1.78. The highest BCUT2D eigenvalue weighted by Crippen LogP contribution is 2.27. The van der Waals surface area contributed by atoms with Crippen LogP contribution in [-0.4, -0.2) is 43.1 Å². The van der Waals surface area contributed by atoms with Crippen LogP contribution in [0.15, 0.2) is 54.6 Å². The van der Waals surface area contributed by atoms with Crippen LogP contribution in [0.1, 0.15) is 24.4 Å². The minimum Gasteiger partial charge on any atom is -0.447 e. The van der Waals surface area contributed by atoms with E-state index in [1.54, 1.807) is 4.90 Å². The van der Waals surface area contributed by atoms with Gasteiger partial charge in [-0.1, -0.05) is 36.4 Å². The van der Waals surface area contributed by atoms with Crippen molar-refractivity contribution >= 4 is 23.4 Å². The maximum absolute atomic E-state index is 13.1. The van der Waals surface area contributed by atoms with Crippen molar-refractivity contribution in [3.05, 3.63) is 60.2 Å². The van der Waals surface area contributed by atoms with Crippen molar-refractivity contribution in [2.24, 2.45) is 0 Å². The van der Waals surface area contributed by atoms with Gasteiger partial charge in [0.1, 0.15) is 12.6 Å². The Morgan fingerprint density at radius 2 is 1.78 bits per heavy atom. The smallest absolute Gasteiger partial charge is 0.414 e. The first-order valence-electron chi connectivity index (χ1n) is 9.37. The number of cyclic esters (lactones) is 1. The molecule has 2 saturated heterocycles. The lowest BCUT2D eigenvalue weighted by atomic mass is 10.0. The van der Waals surface area contributed by atoms with Gasteiger partial charge in [0.2, 0.25) is 5.91 Å². The molecule has 140 valence electrons. The molecule has 0 spiro atoms. The van der Waals surface area contributed by atoms with E-state index in [4.69, 9.17) is 4.74 Å². The molecule has 6 nitrogen and oxygen atoms in total. The average molecular weight is 365 g/mol. The molecule has 0 aromatic heterocycles. The monoisotopic (exact) mass is 365 g/mol. The van der Waals surface area contributed by atoms with E-state index in [2.05, 4.69) is 5.32 Å². The van der Waals surface area contributed by atoms with Gasteiger partial charge >= 0.3 is 6.09 Å². The highest BCUT2D eigenvalue weighted by atomic mass is 16.6. The first kappa shape index (κ1) is 17.4. The number of likely N-dealkylation sites (tertiary alicyclic amines) is 1. The van der Waals surface area contributed by atoms with Crippen LogP contribution in [0.25, 0.3) is 0 Å².